The molecular formula is C11H18ClN3O4S. The Bertz CT molecular complexity index is 568. The largest absolute Gasteiger partial charge is 0.385 e. The van der Waals surface area contributed by atoms with E-state index in [4.69, 9.17) is 15.4 Å². The van der Waals surface area contributed by atoms with Crippen molar-refractivity contribution in [2.75, 3.05) is 20.3 Å². The normalized spacial score (nSPS) is 11.8. The number of nitrogens with one attached hydrogen (secondary N) is 2. The van der Waals surface area contributed by atoms with Gasteiger partial charge in [-0.25, -0.2) is 8.42 Å². The van der Waals surface area contributed by atoms with Gasteiger partial charge >= 0.3 is 0 Å². The molecule has 0 atom stereocenters. The molecule has 0 bridgehead atoms. The van der Waals surface area contributed by atoms with E-state index in [0.717, 1.165) is 0 Å². The van der Waals surface area contributed by atoms with Crippen LogP contribution >= 0.6 is 10.7 Å². The number of carbonyl (C=O) groups excluding carboxylic acids is 1. The average Bonchev–Trinajstić information content (AvgIpc) is 2.79. The van der Waals surface area contributed by atoms with Gasteiger partial charge in [0.1, 0.15) is 4.90 Å². The Balaban J connectivity index is 2.98. The molecule has 0 aliphatic heterocycles. The molecule has 0 saturated heterocycles. The van der Waals surface area contributed by atoms with Crippen molar-refractivity contribution in [1.29, 1.82) is 0 Å². The highest BCUT2D eigenvalue weighted by atomic mass is 35.7. The summed E-state index contributed by atoms with van der Waals surface area (Å²) in [6, 6.07) is 0. The molecule has 0 fully saturated rings. The summed E-state index contributed by atoms with van der Waals surface area (Å²) < 4.78 is 28.1. The lowest BCUT2D eigenvalue weighted by molar-refractivity contribution is 0.0940. The van der Waals surface area contributed by atoms with Crippen molar-refractivity contribution in [1.82, 2.24) is 15.5 Å². The summed E-state index contributed by atoms with van der Waals surface area (Å²) in [6.45, 7) is 4.41. The molecular weight excluding hydrogens is 306 g/mol. The predicted octanol–water partition coefficient (Wildman–Crippen LogP) is 1.23. The van der Waals surface area contributed by atoms with Crippen molar-refractivity contribution in [3.63, 3.8) is 0 Å². The monoisotopic (exact) mass is 323 g/mol. The third-order valence-electron chi connectivity index (χ3n) is 2.59. The van der Waals surface area contributed by atoms with Crippen LogP contribution in [0.1, 0.15) is 42.4 Å². The second kappa shape index (κ2) is 7.05. The number of hydrogen-bond acceptors (Lipinski definition) is 5. The second-order valence-electron chi connectivity index (χ2n) is 4.51. The number of methoxy groups -OCH3 is 1. The summed E-state index contributed by atoms with van der Waals surface area (Å²) in [5, 5.41) is 8.91. The maximum Gasteiger partial charge on any atom is 0.273 e. The molecule has 0 unspecified atom stereocenters. The van der Waals surface area contributed by atoms with Crippen LogP contribution in [0.25, 0.3) is 0 Å². The number of hydrogen-bond donors (Lipinski definition) is 2. The van der Waals surface area contributed by atoms with Gasteiger partial charge in [0.15, 0.2) is 5.69 Å². The first-order chi connectivity index (χ1) is 9.29. The predicted molar refractivity (Wildman–Crippen MR) is 74.5 cm³/mol. The van der Waals surface area contributed by atoms with Crippen molar-refractivity contribution in [2.24, 2.45) is 0 Å². The first-order valence-electron chi connectivity index (χ1n) is 6.09. The molecule has 9 heteroatoms. The van der Waals surface area contributed by atoms with E-state index in [1.165, 1.54) is 0 Å². The summed E-state index contributed by atoms with van der Waals surface area (Å²) in [5.41, 5.74) is 0.114. The number of carbonyl (C=O) groups is 1. The van der Waals surface area contributed by atoms with E-state index in [-0.39, 0.29) is 16.5 Å². The number of ether oxygens (including phenoxy) is 1. The minimum Gasteiger partial charge on any atom is -0.385 e. The van der Waals surface area contributed by atoms with E-state index in [2.05, 4.69) is 15.5 Å². The van der Waals surface area contributed by atoms with Gasteiger partial charge in [0.2, 0.25) is 0 Å². The van der Waals surface area contributed by atoms with Crippen LogP contribution in [-0.2, 0) is 13.8 Å². The van der Waals surface area contributed by atoms with Crippen molar-refractivity contribution < 1.29 is 17.9 Å². The van der Waals surface area contributed by atoms with Crippen molar-refractivity contribution >= 4 is 25.6 Å². The summed E-state index contributed by atoms with van der Waals surface area (Å²) in [6.07, 6.45) is 0.618. The van der Waals surface area contributed by atoms with Gasteiger partial charge in [0.05, 0.1) is 5.69 Å². The maximum atomic E-state index is 12.0. The molecule has 0 aromatic carbocycles. The summed E-state index contributed by atoms with van der Waals surface area (Å²) >= 11 is 0. The lowest BCUT2D eigenvalue weighted by Gasteiger charge is -2.06. The highest BCUT2D eigenvalue weighted by Gasteiger charge is 2.29. The number of rotatable bonds is 7. The molecule has 1 rings (SSSR count). The molecule has 2 N–H and O–H groups in total. The fourth-order valence-corrected chi connectivity index (χ4v) is 3.02. The van der Waals surface area contributed by atoms with Crippen LogP contribution in [0.4, 0.5) is 0 Å². The Morgan fingerprint density at radius 1 is 1.50 bits per heavy atom. The van der Waals surface area contributed by atoms with Crippen LogP contribution in [0.2, 0.25) is 0 Å². The van der Waals surface area contributed by atoms with Gasteiger partial charge in [-0.05, 0) is 12.3 Å². The second-order valence-corrected chi connectivity index (χ2v) is 7.01. The molecule has 1 heterocycles. The van der Waals surface area contributed by atoms with Crippen molar-refractivity contribution in [3.05, 3.63) is 11.4 Å². The maximum absolute atomic E-state index is 12.0. The molecule has 1 amide bonds. The summed E-state index contributed by atoms with van der Waals surface area (Å²) in [7, 11) is 2.90. The fraction of sp³-hybridized carbons (Fsp3) is 0.636. The zero-order valence-electron chi connectivity index (χ0n) is 11.6. The first-order valence-corrected chi connectivity index (χ1v) is 8.40. The van der Waals surface area contributed by atoms with Gasteiger partial charge in [-0.3, -0.25) is 9.89 Å². The van der Waals surface area contributed by atoms with Crippen molar-refractivity contribution in [2.45, 2.75) is 31.1 Å². The van der Waals surface area contributed by atoms with Gasteiger partial charge in [-0.1, -0.05) is 13.8 Å². The van der Waals surface area contributed by atoms with E-state index in [1.807, 2.05) is 0 Å². The van der Waals surface area contributed by atoms with Crippen LogP contribution in [0, 0.1) is 0 Å². The quantitative estimate of drug-likeness (QED) is 0.580. The minimum atomic E-state index is -4.05. The Morgan fingerprint density at radius 2 is 2.15 bits per heavy atom. The van der Waals surface area contributed by atoms with Crippen LogP contribution in [0.15, 0.2) is 4.90 Å². The molecule has 7 nitrogen and oxygen atoms in total. The molecule has 0 saturated carbocycles. The molecule has 1 aromatic heterocycles. The Labute approximate surface area is 122 Å². The zero-order chi connectivity index (χ0) is 15.3. The van der Waals surface area contributed by atoms with Crippen LogP contribution < -0.4 is 5.32 Å². The van der Waals surface area contributed by atoms with E-state index in [0.29, 0.717) is 25.3 Å². The number of aromatic amines is 1. The van der Waals surface area contributed by atoms with Gasteiger partial charge in [-0.2, -0.15) is 5.10 Å². The van der Waals surface area contributed by atoms with Crippen LogP contribution in [0.5, 0.6) is 0 Å². The number of H-pyrrole nitrogens is 1. The molecule has 0 radical (unpaired) electrons. The standard InChI is InChI=1S/C11H18ClN3O4S/c1-7(2)8-10(20(12,17)18)9(15-14-8)11(16)13-5-4-6-19-3/h7H,4-6H2,1-3H3,(H,13,16)(H,14,15). The van der Waals surface area contributed by atoms with E-state index in [1.54, 1.807) is 21.0 Å². The third-order valence-corrected chi connectivity index (χ3v) is 3.96. The van der Waals surface area contributed by atoms with Gasteiger partial charge < -0.3 is 10.1 Å². The molecule has 20 heavy (non-hydrogen) atoms. The summed E-state index contributed by atoms with van der Waals surface area (Å²) in [5.74, 6) is -0.732. The minimum absolute atomic E-state index is 0.152. The van der Waals surface area contributed by atoms with E-state index >= 15 is 0 Å². The van der Waals surface area contributed by atoms with Crippen molar-refractivity contribution in [3.8, 4) is 0 Å². The Kier molecular flexibility index (Phi) is 5.97. The molecule has 1 aromatic rings. The number of aromatic nitrogens is 2. The topological polar surface area (TPSA) is 101 Å². The number of nitrogens with zero attached hydrogens (tertiary/aromatic N) is 1. The van der Waals surface area contributed by atoms with E-state index < -0.39 is 15.0 Å². The first kappa shape index (κ1) is 16.9. The zero-order valence-corrected chi connectivity index (χ0v) is 13.1. The molecule has 0 aliphatic carbocycles. The number of amides is 1. The highest BCUT2D eigenvalue weighted by molar-refractivity contribution is 8.13. The average molecular weight is 324 g/mol. The molecule has 0 spiro atoms. The third kappa shape index (κ3) is 4.19. The Morgan fingerprint density at radius 3 is 2.65 bits per heavy atom. The van der Waals surface area contributed by atoms with Crippen LogP contribution in [-0.4, -0.2) is 44.8 Å². The van der Waals surface area contributed by atoms with Gasteiger partial charge in [-0.15, -0.1) is 0 Å². The SMILES string of the molecule is COCCCNC(=O)c1n[nH]c(C(C)C)c1S(=O)(=O)Cl. The smallest absolute Gasteiger partial charge is 0.273 e. The number of halogens is 1. The molecule has 0 aliphatic rings. The molecule has 114 valence electrons. The summed E-state index contributed by atoms with van der Waals surface area (Å²) in [4.78, 5) is 11.7. The Hall–Kier alpha value is -1.12. The fourth-order valence-electron chi connectivity index (χ4n) is 1.64. The lowest BCUT2D eigenvalue weighted by atomic mass is 10.1. The lowest BCUT2D eigenvalue weighted by Crippen LogP contribution is -2.26. The van der Waals surface area contributed by atoms with Crippen LogP contribution in [0.3, 0.4) is 0 Å². The van der Waals surface area contributed by atoms with Gasteiger partial charge in [0.25, 0.3) is 15.0 Å². The highest BCUT2D eigenvalue weighted by Crippen LogP contribution is 2.27. The van der Waals surface area contributed by atoms with E-state index in [9.17, 15) is 13.2 Å². The van der Waals surface area contributed by atoms with Gasteiger partial charge in [0, 0.05) is 30.9 Å².